The third kappa shape index (κ3) is 7.57. The molecule has 0 aliphatic carbocycles. The number of ether oxygens (including phenoxy) is 1. The molecule has 1 aromatic heterocycles. The summed E-state index contributed by atoms with van der Waals surface area (Å²) in [6, 6.07) is 20.9. The van der Waals surface area contributed by atoms with Crippen LogP contribution in [0.4, 0.5) is 39.3 Å². The molecule has 2 fully saturated rings. The second kappa shape index (κ2) is 14.2. The average molecular weight is 689 g/mol. The van der Waals surface area contributed by atoms with E-state index in [2.05, 4.69) is 35.7 Å². The normalized spacial score (nSPS) is 15.7. The van der Waals surface area contributed by atoms with Crippen molar-refractivity contribution in [2.45, 2.75) is 13.0 Å². The molecule has 0 bridgehead atoms. The Labute approximate surface area is 284 Å². The Morgan fingerprint density at radius 3 is 2.44 bits per heavy atom. The maximum absolute atomic E-state index is 12.8. The lowest BCUT2D eigenvalue weighted by Gasteiger charge is -2.37. The van der Waals surface area contributed by atoms with Gasteiger partial charge in [0.05, 0.1) is 24.7 Å². The zero-order valence-corrected chi connectivity index (χ0v) is 28.7. The Kier molecular flexibility index (Phi) is 9.86. The van der Waals surface area contributed by atoms with Crippen molar-refractivity contribution in [2.24, 2.45) is 0 Å². The van der Waals surface area contributed by atoms with Gasteiger partial charge in [-0.25, -0.2) is 9.78 Å². The fourth-order valence-corrected chi connectivity index (χ4v) is 7.19. The van der Waals surface area contributed by atoms with Crippen molar-refractivity contribution < 1.29 is 18.9 Å². The van der Waals surface area contributed by atoms with Gasteiger partial charge < -0.3 is 24.8 Å². The maximum atomic E-state index is 12.8. The zero-order chi connectivity index (χ0) is 33.8. The fraction of sp³-hybridized carbons (Fsp3) is 0.294. The van der Waals surface area contributed by atoms with E-state index in [1.165, 1.54) is 6.20 Å². The maximum Gasteiger partial charge on any atom is 0.328 e. The molecular formula is C34H38ClN8O4P. The lowest BCUT2D eigenvalue weighted by Crippen LogP contribution is -2.50. The van der Waals surface area contributed by atoms with Crippen molar-refractivity contribution in [1.82, 2.24) is 20.2 Å². The topological polar surface area (TPSA) is 132 Å². The van der Waals surface area contributed by atoms with Crippen LogP contribution in [0.5, 0.6) is 5.75 Å². The number of imide groups is 1. The molecule has 6 rings (SSSR count). The summed E-state index contributed by atoms with van der Waals surface area (Å²) in [6.07, 6.45) is 1.81. The summed E-state index contributed by atoms with van der Waals surface area (Å²) in [5.74, 6) is 1.11. The molecule has 2 aliphatic heterocycles. The van der Waals surface area contributed by atoms with Gasteiger partial charge in [-0.15, -0.1) is 0 Å². The van der Waals surface area contributed by atoms with E-state index in [4.69, 9.17) is 16.3 Å². The van der Waals surface area contributed by atoms with E-state index < -0.39 is 7.14 Å². The molecule has 48 heavy (non-hydrogen) atoms. The molecule has 0 unspecified atom stereocenters. The molecule has 3 amide bonds. The highest BCUT2D eigenvalue weighted by Gasteiger charge is 2.27. The number of anilines is 6. The first kappa shape index (κ1) is 33.3. The van der Waals surface area contributed by atoms with E-state index in [1.807, 2.05) is 66.7 Å². The standard InChI is InChI=1S/C34H38ClN8O4P/c1-47-29-20-24(42-18-16-41(17-19-42)22-23-8-4-6-10-28(23)43-15-14-31(44)39-34(43)45)12-13-26(29)38-33-36-21-25(35)32(40-33)37-27-9-5-7-11-30(27)48(2,3)46/h4-13,20-21H,14-19,22H2,1-3H3,(H,39,44,45)(H2,36,37,38,40). The van der Waals surface area contributed by atoms with Crippen LogP contribution in [0.2, 0.25) is 5.02 Å². The predicted molar refractivity (Wildman–Crippen MR) is 192 cm³/mol. The number of aromatic nitrogens is 2. The Morgan fingerprint density at radius 2 is 1.69 bits per heavy atom. The Morgan fingerprint density at radius 1 is 0.938 bits per heavy atom. The number of rotatable bonds is 10. The molecule has 4 aromatic rings. The molecule has 3 N–H and O–H groups in total. The predicted octanol–water partition coefficient (Wildman–Crippen LogP) is 5.64. The lowest BCUT2D eigenvalue weighted by molar-refractivity contribution is -0.120. The van der Waals surface area contributed by atoms with Crippen LogP contribution < -0.4 is 35.8 Å². The van der Waals surface area contributed by atoms with Crippen molar-refractivity contribution >= 4 is 70.5 Å². The molecule has 2 aliphatic rings. The van der Waals surface area contributed by atoms with Crippen LogP contribution in [-0.2, 0) is 15.9 Å². The smallest absolute Gasteiger partial charge is 0.328 e. The lowest BCUT2D eigenvalue weighted by atomic mass is 10.1. The number of carbonyl (C=O) groups excluding carboxylic acids is 2. The summed E-state index contributed by atoms with van der Waals surface area (Å²) in [7, 11) is -0.921. The number of para-hydroxylation sites is 2. The largest absolute Gasteiger partial charge is 0.494 e. The van der Waals surface area contributed by atoms with Crippen LogP contribution in [0.3, 0.4) is 0 Å². The number of hydrogen-bond donors (Lipinski definition) is 3. The number of benzene rings is 3. The summed E-state index contributed by atoms with van der Waals surface area (Å²) in [6.45, 7) is 7.83. The van der Waals surface area contributed by atoms with Gasteiger partial charge in [-0.2, -0.15) is 4.98 Å². The van der Waals surface area contributed by atoms with E-state index in [-0.39, 0.29) is 11.9 Å². The van der Waals surface area contributed by atoms with Crippen molar-refractivity contribution in [3.63, 3.8) is 0 Å². The van der Waals surface area contributed by atoms with Crippen LogP contribution in [-0.4, -0.2) is 80.0 Å². The number of amides is 3. The van der Waals surface area contributed by atoms with E-state index in [0.29, 0.717) is 58.7 Å². The molecule has 0 radical (unpaired) electrons. The van der Waals surface area contributed by atoms with Crippen molar-refractivity contribution in [2.75, 3.05) is 73.6 Å². The summed E-state index contributed by atoms with van der Waals surface area (Å²) in [5.41, 5.74) is 4.29. The zero-order valence-electron chi connectivity index (χ0n) is 27.1. The summed E-state index contributed by atoms with van der Waals surface area (Å²) < 4.78 is 18.6. The van der Waals surface area contributed by atoms with Gasteiger partial charge in [-0.1, -0.05) is 41.9 Å². The molecule has 0 atom stereocenters. The Balaban J connectivity index is 1.11. The first-order valence-corrected chi connectivity index (χ1v) is 18.6. The van der Waals surface area contributed by atoms with Gasteiger partial charge in [0.2, 0.25) is 11.9 Å². The number of hydrogen-bond acceptors (Lipinski definition) is 10. The van der Waals surface area contributed by atoms with Crippen molar-refractivity contribution in [3.05, 3.63) is 83.5 Å². The molecular weight excluding hydrogens is 651 g/mol. The van der Waals surface area contributed by atoms with E-state index >= 15 is 0 Å². The number of urea groups is 1. The van der Waals surface area contributed by atoms with Crippen molar-refractivity contribution in [3.8, 4) is 5.75 Å². The summed E-state index contributed by atoms with van der Waals surface area (Å²) in [4.78, 5) is 39.4. The number of carbonyl (C=O) groups is 2. The molecule has 3 heterocycles. The third-order valence-corrected chi connectivity index (χ3v) is 10.2. The van der Waals surface area contributed by atoms with Gasteiger partial charge in [0.15, 0.2) is 5.82 Å². The Bertz CT molecular complexity index is 1880. The van der Waals surface area contributed by atoms with Gasteiger partial charge in [0, 0.05) is 68.4 Å². The van der Waals surface area contributed by atoms with Crippen LogP contribution in [0.1, 0.15) is 12.0 Å². The number of halogens is 1. The second-order valence-corrected chi connectivity index (χ2v) is 15.6. The van der Waals surface area contributed by atoms with Crippen LogP contribution in [0, 0.1) is 0 Å². The highest BCUT2D eigenvalue weighted by atomic mass is 35.5. The molecule has 14 heteroatoms. The fourth-order valence-electron chi connectivity index (χ4n) is 5.90. The Hall–Kier alpha value is -4.64. The van der Waals surface area contributed by atoms with Gasteiger partial charge in [-0.05, 0) is 49.2 Å². The van der Waals surface area contributed by atoms with Crippen LogP contribution >= 0.6 is 18.7 Å². The van der Waals surface area contributed by atoms with Crippen LogP contribution in [0.25, 0.3) is 0 Å². The van der Waals surface area contributed by atoms with Crippen molar-refractivity contribution in [1.29, 1.82) is 0 Å². The van der Waals surface area contributed by atoms with E-state index in [1.54, 1.807) is 25.3 Å². The molecule has 0 saturated carbocycles. The first-order chi connectivity index (χ1) is 23.1. The minimum atomic E-state index is -2.54. The molecule has 0 spiro atoms. The van der Waals surface area contributed by atoms with Gasteiger partial charge in [0.25, 0.3) is 0 Å². The number of piperazine rings is 1. The third-order valence-electron chi connectivity index (χ3n) is 8.38. The van der Waals surface area contributed by atoms with Gasteiger partial charge >= 0.3 is 6.03 Å². The first-order valence-electron chi connectivity index (χ1n) is 15.6. The number of nitrogens with zero attached hydrogens (tertiary/aromatic N) is 5. The average Bonchev–Trinajstić information content (AvgIpc) is 3.07. The van der Waals surface area contributed by atoms with Gasteiger partial charge in [-0.3, -0.25) is 19.9 Å². The molecule has 2 saturated heterocycles. The summed E-state index contributed by atoms with van der Waals surface area (Å²) >= 11 is 6.44. The minimum Gasteiger partial charge on any atom is -0.494 e. The SMILES string of the molecule is COc1cc(N2CCN(Cc3ccccc3N3CCC(=O)NC3=O)CC2)ccc1Nc1ncc(Cl)c(Nc2ccccc2P(C)(C)=O)n1. The van der Waals surface area contributed by atoms with E-state index in [0.717, 1.165) is 43.1 Å². The molecule has 250 valence electrons. The van der Waals surface area contributed by atoms with Gasteiger partial charge in [0.1, 0.15) is 17.9 Å². The quantitative estimate of drug-likeness (QED) is 0.180. The molecule has 3 aromatic carbocycles. The number of methoxy groups -OCH3 is 1. The highest BCUT2D eigenvalue weighted by molar-refractivity contribution is 7.70. The van der Waals surface area contributed by atoms with E-state index in [9.17, 15) is 14.2 Å². The second-order valence-electron chi connectivity index (χ2n) is 12.0. The molecule has 12 nitrogen and oxygen atoms in total. The summed E-state index contributed by atoms with van der Waals surface area (Å²) in [5, 5.41) is 9.93. The minimum absolute atomic E-state index is 0.241. The van der Waals surface area contributed by atoms with Crippen LogP contribution in [0.15, 0.2) is 72.9 Å². The highest BCUT2D eigenvalue weighted by Crippen LogP contribution is 2.39. The number of nitrogens with one attached hydrogen (secondary N) is 3. The monoisotopic (exact) mass is 688 g/mol.